The summed E-state index contributed by atoms with van der Waals surface area (Å²) < 4.78 is 0. The lowest BCUT2D eigenvalue weighted by atomic mass is 10.2. The van der Waals surface area contributed by atoms with Crippen LogP contribution in [0.3, 0.4) is 0 Å². The lowest BCUT2D eigenvalue weighted by molar-refractivity contribution is 0.102. The summed E-state index contributed by atoms with van der Waals surface area (Å²) in [7, 11) is 1.99. The molecule has 122 valence electrons. The quantitative estimate of drug-likeness (QED) is 0.806. The van der Waals surface area contributed by atoms with Gasteiger partial charge in [-0.25, -0.2) is 4.98 Å². The molecule has 0 bridgehead atoms. The van der Waals surface area contributed by atoms with Crippen LogP contribution in [0.4, 0.5) is 11.5 Å². The monoisotopic (exact) mass is 351 g/mol. The zero-order valence-corrected chi connectivity index (χ0v) is 14.7. The lowest BCUT2D eigenvalue weighted by Gasteiger charge is -2.17. The highest BCUT2D eigenvalue weighted by Crippen LogP contribution is 2.29. The van der Waals surface area contributed by atoms with E-state index >= 15 is 0 Å². The van der Waals surface area contributed by atoms with Crippen LogP contribution >= 0.6 is 23.2 Å². The van der Waals surface area contributed by atoms with Crippen molar-refractivity contribution >= 4 is 40.6 Å². The summed E-state index contributed by atoms with van der Waals surface area (Å²) in [5.41, 5.74) is 0.946. The highest BCUT2D eigenvalue weighted by molar-refractivity contribution is 6.44. The number of nitrogens with one attached hydrogen (secondary N) is 1. The summed E-state index contributed by atoms with van der Waals surface area (Å²) in [5, 5.41) is 3.47. The van der Waals surface area contributed by atoms with Gasteiger partial charge in [-0.2, -0.15) is 0 Å². The number of amides is 1. The van der Waals surface area contributed by atoms with Crippen molar-refractivity contribution in [2.24, 2.45) is 0 Å². The number of unbranched alkanes of at least 4 members (excludes halogenated alkanes) is 1. The van der Waals surface area contributed by atoms with Gasteiger partial charge in [-0.1, -0.05) is 42.6 Å². The molecule has 0 aliphatic heterocycles. The molecule has 0 fully saturated rings. The molecule has 0 saturated heterocycles. The Balaban J connectivity index is 2.07. The van der Waals surface area contributed by atoms with Gasteiger partial charge in [0.2, 0.25) is 0 Å². The van der Waals surface area contributed by atoms with Crippen LogP contribution < -0.4 is 10.2 Å². The molecule has 1 aromatic heterocycles. The third-order valence-corrected chi connectivity index (χ3v) is 4.27. The third kappa shape index (κ3) is 4.60. The van der Waals surface area contributed by atoms with Crippen LogP contribution in [0.1, 0.15) is 30.1 Å². The van der Waals surface area contributed by atoms with Gasteiger partial charge in [-0.15, -0.1) is 0 Å². The van der Waals surface area contributed by atoms with Crippen LogP contribution in [0.15, 0.2) is 36.5 Å². The smallest absolute Gasteiger partial charge is 0.257 e. The summed E-state index contributed by atoms with van der Waals surface area (Å²) in [4.78, 5) is 18.7. The first kappa shape index (κ1) is 17.6. The molecule has 1 amide bonds. The topological polar surface area (TPSA) is 45.2 Å². The lowest BCUT2D eigenvalue weighted by Crippen LogP contribution is -2.20. The molecule has 2 aromatic rings. The van der Waals surface area contributed by atoms with Gasteiger partial charge in [0.1, 0.15) is 5.82 Å². The number of hydrogen-bond acceptors (Lipinski definition) is 3. The fourth-order valence-corrected chi connectivity index (χ4v) is 2.40. The zero-order valence-electron chi connectivity index (χ0n) is 13.1. The largest absolute Gasteiger partial charge is 0.360 e. The first-order valence-electron chi connectivity index (χ1n) is 7.45. The Morgan fingerprint density at radius 1 is 1.26 bits per heavy atom. The van der Waals surface area contributed by atoms with Crippen LogP contribution in [0.25, 0.3) is 0 Å². The summed E-state index contributed by atoms with van der Waals surface area (Å²) in [5.74, 6) is 0.570. The molecule has 0 atom stereocenters. The summed E-state index contributed by atoms with van der Waals surface area (Å²) in [6, 6.07) is 8.69. The zero-order chi connectivity index (χ0) is 16.8. The van der Waals surface area contributed by atoms with Crippen molar-refractivity contribution in [1.82, 2.24) is 4.98 Å². The molecule has 4 nitrogen and oxygen atoms in total. The van der Waals surface area contributed by atoms with Crippen LogP contribution in [-0.2, 0) is 0 Å². The first-order valence-corrected chi connectivity index (χ1v) is 8.21. The van der Waals surface area contributed by atoms with Crippen molar-refractivity contribution in [2.75, 3.05) is 23.8 Å². The van der Waals surface area contributed by atoms with E-state index in [1.54, 1.807) is 30.5 Å². The van der Waals surface area contributed by atoms with Gasteiger partial charge in [0.05, 0.1) is 21.3 Å². The van der Waals surface area contributed by atoms with E-state index in [0.717, 1.165) is 25.2 Å². The molecule has 2 rings (SSSR count). The summed E-state index contributed by atoms with van der Waals surface area (Å²) in [6.45, 7) is 3.09. The SMILES string of the molecule is CCCCN(C)c1ccc(C(=O)Nc2cccc(Cl)c2Cl)cn1. The Morgan fingerprint density at radius 3 is 2.70 bits per heavy atom. The van der Waals surface area contributed by atoms with Crippen molar-refractivity contribution in [2.45, 2.75) is 19.8 Å². The fourth-order valence-electron chi connectivity index (χ4n) is 2.05. The number of rotatable bonds is 6. The van der Waals surface area contributed by atoms with Crippen molar-refractivity contribution < 1.29 is 4.79 Å². The Labute approximate surface area is 146 Å². The number of carbonyl (C=O) groups is 1. The fraction of sp³-hybridized carbons (Fsp3) is 0.294. The van der Waals surface area contributed by atoms with Gasteiger partial charge in [-0.3, -0.25) is 4.79 Å². The standard InChI is InChI=1S/C17H19Cl2N3O/c1-3-4-10-22(2)15-9-8-12(11-20-15)17(23)21-14-7-5-6-13(18)16(14)19/h5-9,11H,3-4,10H2,1-2H3,(H,21,23). The molecule has 0 unspecified atom stereocenters. The molecule has 0 saturated carbocycles. The number of nitrogens with zero attached hydrogens (tertiary/aromatic N) is 2. The first-order chi connectivity index (χ1) is 11.0. The van der Waals surface area contributed by atoms with E-state index < -0.39 is 0 Å². The van der Waals surface area contributed by atoms with Crippen molar-refractivity contribution in [3.63, 3.8) is 0 Å². The molecule has 0 aliphatic rings. The van der Waals surface area contributed by atoms with Crippen LogP contribution in [0.2, 0.25) is 10.0 Å². The molecule has 1 N–H and O–H groups in total. The number of benzene rings is 1. The Bertz CT molecular complexity index is 674. The molecule has 6 heteroatoms. The molecule has 0 spiro atoms. The maximum absolute atomic E-state index is 12.3. The molecule has 23 heavy (non-hydrogen) atoms. The van der Waals surface area contributed by atoms with E-state index in [1.165, 1.54) is 0 Å². The number of aromatic nitrogens is 1. The van der Waals surface area contributed by atoms with Gasteiger partial charge in [0.15, 0.2) is 0 Å². The van der Waals surface area contributed by atoms with E-state index in [0.29, 0.717) is 21.3 Å². The molecular weight excluding hydrogens is 333 g/mol. The van der Waals surface area contributed by atoms with Gasteiger partial charge in [0.25, 0.3) is 5.91 Å². The predicted molar refractivity (Wildman–Crippen MR) is 96.8 cm³/mol. The van der Waals surface area contributed by atoms with Gasteiger partial charge in [-0.05, 0) is 30.7 Å². The van der Waals surface area contributed by atoms with Crippen molar-refractivity contribution in [3.05, 3.63) is 52.1 Å². The molecule has 0 aliphatic carbocycles. The second-order valence-corrected chi connectivity index (χ2v) is 6.02. The highest BCUT2D eigenvalue weighted by atomic mass is 35.5. The van der Waals surface area contributed by atoms with Gasteiger partial charge >= 0.3 is 0 Å². The molecular formula is C17H19Cl2N3O. The normalized spacial score (nSPS) is 10.4. The Morgan fingerprint density at radius 2 is 2.04 bits per heavy atom. The van der Waals surface area contributed by atoms with Crippen molar-refractivity contribution in [1.29, 1.82) is 0 Å². The van der Waals surface area contributed by atoms with Crippen molar-refractivity contribution in [3.8, 4) is 0 Å². The van der Waals surface area contributed by atoms with E-state index in [-0.39, 0.29) is 5.91 Å². The molecule has 1 aromatic carbocycles. The maximum Gasteiger partial charge on any atom is 0.257 e. The number of hydrogen-bond donors (Lipinski definition) is 1. The van der Waals surface area contributed by atoms with Gasteiger partial charge < -0.3 is 10.2 Å². The van der Waals surface area contributed by atoms with Gasteiger partial charge in [0, 0.05) is 19.8 Å². The maximum atomic E-state index is 12.3. The predicted octanol–water partition coefficient (Wildman–Crippen LogP) is 4.88. The minimum Gasteiger partial charge on any atom is -0.360 e. The highest BCUT2D eigenvalue weighted by Gasteiger charge is 2.11. The minimum atomic E-state index is -0.274. The van der Waals surface area contributed by atoms with E-state index in [9.17, 15) is 4.79 Å². The average Bonchev–Trinajstić information content (AvgIpc) is 2.57. The second-order valence-electron chi connectivity index (χ2n) is 5.24. The summed E-state index contributed by atoms with van der Waals surface area (Å²) in [6.07, 6.45) is 3.80. The van der Waals surface area contributed by atoms with E-state index in [4.69, 9.17) is 23.2 Å². The summed E-state index contributed by atoms with van der Waals surface area (Å²) >= 11 is 12.0. The number of pyridine rings is 1. The minimum absolute atomic E-state index is 0.274. The van der Waals surface area contributed by atoms with Crippen LogP contribution in [0, 0.1) is 0 Å². The van der Waals surface area contributed by atoms with Crippen LogP contribution in [-0.4, -0.2) is 24.5 Å². The third-order valence-electron chi connectivity index (χ3n) is 3.45. The molecule has 0 radical (unpaired) electrons. The van der Waals surface area contributed by atoms with Crippen LogP contribution in [0.5, 0.6) is 0 Å². The average molecular weight is 352 g/mol. The second kappa shape index (κ2) is 8.18. The number of anilines is 2. The van der Waals surface area contributed by atoms with E-state index in [2.05, 4.69) is 22.1 Å². The Kier molecular flexibility index (Phi) is 6.25. The Hall–Kier alpha value is -1.78. The van der Waals surface area contributed by atoms with E-state index in [1.807, 2.05) is 13.1 Å². The number of carbonyl (C=O) groups excluding carboxylic acids is 1. The molecule has 1 heterocycles. The number of halogens is 2.